The molecule has 6 nitrogen and oxygen atoms in total. The number of carboxylic acid groups (broad SMARTS) is 1. The molecule has 4 fully saturated rings. The summed E-state index contributed by atoms with van der Waals surface area (Å²) in [4.78, 5) is 40.7. The average molecular weight is 695 g/mol. The molecule has 2 aromatic carbocycles. The highest BCUT2D eigenvalue weighted by atomic mass is 16.5. The summed E-state index contributed by atoms with van der Waals surface area (Å²) in [5.74, 6) is -0.574. The molecule has 5 aliphatic rings. The van der Waals surface area contributed by atoms with Crippen molar-refractivity contribution in [1.29, 1.82) is 0 Å². The Balaban J connectivity index is 1.20. The first-order valence-electron chi connectivity index (χ1n) is 19.4. The van der Waals surface area contributed by atoms with Gasteiger partial charge in [0.25, 0.3) is 0 Å². The molecular weight excluding hydrogens is 636 g/mol. The van der Waals surface area contributed by atoms with Crippen molar-refractivity contribution in [2.75, 3.05) is 6.61 Å². The first-order valence-corrected chi connectivity index (χ1v) is 19.4. The molecule has 0 spiro atoms. The zero-order valence-corrected chi connectivity index (χ0v) is 31.8. The summed E-state index contributed by atoms with van der Waals surface area (Å²) in [5.41, 5.74) is 1.71. The summed E-state index contributed by atoms with van der Waals surface area (Å²) >= 11 is 0. The smallest absolute Gasteiger partial charge is 0.329 e. The number of esters is 1. The van der Waals surface area contributed by atoms with E-state index in [0.717, 1.165) is 62.5 Å². The van der Waals surface area contributed by atoms with Crippen LogP contribution in [-0.4, -0.2) is 35.5 Å². The van der Waals surface area contributed by atoms with Crippen LogP contribution in [0.4, 0.5) is 0 Å². The minimum absolute atomic E-state index is 0.0233. The maximum absolute atomic E-state index is 14.9. The third kappa shape index (κ3) is 5.56. The van der Waals surface area contributed by atoms with Crippen LogP contribution in [0.15, 0.2) is 72.3 Å². The van der Waals surface area contributed by atoms with E-state index >= 15 is 0 Å². The lowest BCUT2D eigenvalue weighted by Crippen LogP contribution is -2.66. The van der Waals surface area contributed by atoms with Gasteiger partial charge in [-0.2, -0.15) is 0 Å². The van der Waals surface area contributed by atoms with Crippen molar-refractivity contribution >= 4 is 17.7 Å². The van der Waals surface area contributed by atoms with E-state index in [9.17, 15) is 19.5 Å². The zero-order valence-electron chi connectivity index (χ0n) is 31.8. The molecule has 51 heavy (non-hydrogen) atoms. The van der Waals surface area contributed by atoms with Gasteiger partial charge in [0.2, 0.25) is 0 Å². The number of carboxylic acids is 1. The fourth-order valence-corrected chi connectivity index (χ4v) is 12.6. The fraction of sp³-hybridized carbons (Fsp3) is 0.622. The molecule has 0 radical (unpaired) electrons. The Morgan fingerprint density at radius 1 is 0.804 bits per heavy atom. The molecule has 4 saturated carbocycles. The summed E-state index contributed by atoms with van der Waals surface area (Å²) in [6.45, 7) is 15.9. The lowest BCUT2D eigenvalue weighted by atomic mass is 9.33. The van der Waals surface area contributed by atoms with Crippen molar-refractivity contribution < 1.29 is 29.0 Å². The van der Waals surface area contributed by atoms with Gasteiger partial charge in [-0.05, 0) is 121 Å². The van der Waals surface area contributed by atoms with Gasteiger partial charge in [0.15, 0.2) is 11.9 Å². The molecular formula is C45H58O6. The summed E-state index contributed by atoms with van der Waals surface area (Å²) in [6.07, 6.45) is 9.50. The summed E-state index contributed by atoms with van der Waals surface area (Å²) < 4.78 is 12.5. The van der Waals surface area contributed by atoms with Crippen molar-refractivity contribution in [3.8, 4) is 0 Å². The zero-order chi connectivity index (χ0) is 36.6. The van der Waals surface area contributed by atoms with Crippen LogP contribution in [0.1, 0.15) is 123 Å². The second kappa shape index (κ2) is 12.4. The molecule has 0 aromatic heterocycles. The van der Waals surface area contributed by atoms with Crippen LogP contribution in [0.3, 0.4) is 0 Å². The number of carbonyl (C=O) groups excluding carboxylic acids is 2. The van der Waals surface area contributed by atoms with E-state index in [1.165, 1.54) is 5.57 Å². The van der Waals surface area contributed by atoms with E-state index in [2.05, 4.69) is 54.5 Å². The lowest BCUT2D eigenvalue weighted by Gasteiger charge is -2.70. The van der Waals surface area contributed by atoms with Crippen LogP contribution >= 0.6 is 0 Å². The predicted molar refractivity (Wildman–Crippen MR) is 198 cm³/mol. The number of rotatable bonds is 7. The maximum atomic E-state index is 14.9. The summed E-state index contributed by atoms with van der Waals surface area (Å²) in [7, 11) is 0. The van der Waals surface area contributed by atoms with E-state index < -0.39 is 17.5 Å². The van der Waals surface area contributed by atoms with Crippen LogP contribution in [0.25, 0.3) is 0 Å². The molecule has 0 heterocycles. The van der Waals surface area contributed by atoms with Crippen molar-refractivity contribution in [2.24, 2.45) is 50.2 Å². The molecule has 0 aliphatic heterocycles. The van der Waals surface area contributed by atoms with Gasteiger partial charge in [0, 0.05) is 5.92 Å². The normalized spacial score (nSPS) is 39.8. The minimum Gasteiger partial charge on any atom is -0.480 e. The monoisotopic (exact) mass is 694 g/mol. The molecule has 9 atom stereocenters. The van der Waals surface area contributed by atoms with Crippen molar-refractivity contribution in [1.82, 2.24) is 0 Å². The number of ketones is 1. The molecule has 1 N–H and O–H groups in total. The van der Waals surface area contributed by atoms with Crippen LogP contribution in [0, 0.1) is 50.2 Å². The Morgan fingerprint density at radius 3 is 2.02 bits per heavy atom. The first kappa shape index (κ1) is 36.1. The van der Waals surface area contributed by atoms with Gasteiger partial charge in [-0.25, -0.2) is 4.79 Å². The van der Waals surface area contributed by atoms with Crippen molar-refractivity contribution in [3.63, 3.8) is 0 Å². The highest BCUT2D eigenvalue weighted by Gasteiger charge is 2.70. The lowest BCUT2D eigenvalue weighted by molar-refractivity contribution is -0.210. The van der Waals surface area contributed by atoms with Gasteiger partial charge in [-0.1, -0.05) is 108 Å². The quantitative estimate of drug-likeness (QED) is 0.290. The van der Waals surface area contributed by atoms with Crippen molar-refractivity contribution in [2.45, 2.75) is 118 Å². The number of carbonyl (C=O) groups is 3. The molecule has 7 rings (SSSR count). The molecule has 0 amide bonds. The van der Waals surface area contributed by atoms with Crippen LogP contribution in [-0.2, 0) is 23.9 Å². The fourth-order valence-electron chi connectivity index (χ4n) is 12.6. The summed E-state index contributed by atoms with van der Waals surface area (Å²) in [6, 6.07) is 20.0. The summed E-state index contributed by atoms with van der Waals surface area (Å²) in [5, 5.41) is 9.35. The first-order chi connectivity index (χ1) is 24.0. The van der Waals surface area contributed by atoms with Crippen LogP contribution in [0.2, 0.25) is 0 Å². The second-order valence-electron chi connectivity index (χ2n) is 18.9. The third-order valence-corrected chi connectivity index (χ3v) is 15.8. The molecule has 1 unspecified atom stereocenters. The number of hydrogen-bond acceptors (Lipinski definition) is 5. The van der Waals surface area contributed by atoms with Gasteiger partial charge in [0.1, 0.15) is 6.61 Å². The Hall–Kier alpha value is -3.25. The minimum atomic E-state index is -0.938. The molecule has 0 bridgehead atoms. The van der Waals surface area contributed by atoms with Gasteiger partial charge in [-0.15, -0.1) is 0 Å². The molecule has 2 aromatic rings. The third-order valence-electron chi connectivity index (χ3n) is 15.8. The van der Waals surface area contributed by atoms with Gasteiger partial charge in [-0.3, -0.25) is 9.59 Å². The standard InChI is InChI=1S/C45H58O6/c1-40(2)34-18-21-45(7)38(43(34,5)20-19-35(40)50-28-36(47)48)33(46)26-31-32-27-42(4,23-22-41(32,3)24-25-44(31,45)6)39(49)51-37(29-14-10-8-11-15-29)30-16-12-9-13-17-30/h8-17,26,32,34-35,37-38H,18-25,27-28H2,1-7H3,(H,47,48)/t32-,34-,35-,38?,41+,42-,43-,44+,45+/m0/s1. The highest BCUT2D eigenvalue weighted by Crippen LogP contribution is 2.75. The van der Waals surface area contributed by atoms with Gasteiger partial charge < -0.3 is 14.6 Å². The van der Waals surface area contributed by atoms with E-state index in [1.807, 2.05) is 60.7 Å². The largest absolute Gasteiger partial charge is 0.480 e. The number of ether oxygens (including phenoxy) is 2. The number of hydrogen-bond donors (Lipinski definition) is 1. The van der Waals surface area contributed by atoms with Gasteiger partial charge in [0.05, 0.1) is 11.5 Å². The van der Waals surface area contributed by atoms with Crippen LogP contribution in [0.5, 0.6) is 0 Å². The van der Waals surface area contributed by atoms with E-state index in [4.69, 9.17) is 9.47 Å². The van der Waals surface area contributed by atoms with E-state index in [-0.39, 0.29) is 69.3 Å². The number of fused-ring (bicyclic) bond motifs is 7. The molecule has 6 heteroatoms. The van der Waals surface area contributed by atoms with E-state index in [0.29, 0.717) is 6.42 Å². The molecule has 0 saturated heterocycles. The Morgan fingerprint density at radius 2 is 1.41 bits per heavy atom. The number of allylic oxidation sites excluding steroid dienone is 2. The Labute approximate surface area is 304 Å². The maximum Gasteiger partial charge on any atom is 0.329 e. The second-order valence-corrected chi connectivity index (χ2v) is 18.9. The average Bonchev–Trinajstić information content (AvgIpc) is 3.09. The van der Waals surface area contributed by atoms with E-state index in [1.54, 1.807) is 0 Å². The predicted octanol–water partition coefficient (Wildman–Crippen LogP) is 9.77. The molecule has 274 valence electrons. The van der Waals surface area contributed by atoms with Crippen LogP contribution < -0.4 is 0 Å². The molecule has 5 aliphatic carbocycles. The number of benzene rings is 2. The Kier molecular flexibility index (Phi) is 8.80. The SMILES string of the molecule is CC1(C)[C@@H](OCC(=O)O)CC[C@]2(C)C3C(=O)C=C4[C@@H]5C[C@@](C)(C(=O)OC(c6ccccc6)c6ccccc6)CC[C@]5(C)CC[C@@]4(C)[C@]3(C)CC[C@@H]12. The highest BCUT2D eigenvalue weighted by molar-refractivity contribution is 5.95. The van der Waals surface area contributed by atoms with Crippen molar-refractivity contribution in [3.05, 3.63) is 83.4 Å². The topological polar surface area (TPSA) is 89.9 Å². The Bertz CT molecular complexity index is 1670. The van der Waals surface area contributed by atoms with Gasteiger partial charge >= 0.3 is 11.9 Å². The number of aliphatic carboxylic acids is 1.